The molecule has 0 spiro atoms. The highest BCUT2D eigenvalue weighted by Gasteiger charge is 2.03. The van der Waals surface area contributed by atoms with Crippen LogP contribution < -0.4 is 0 Å². The van der Waals surface area contributed by atoms with Gasteiger partial charge in [-0.05, 0) is 44.9 Å². The molecule has 0 fully saturated rings. The predicted molar refractivity (Wildman–Crippen MR) is 204 cm³/mol. The van der Waals surface area contributed by atoms with Crippen molar-refractivity contribution >= 4 is 11.9 Å². The van der Waals surface area contributed by atoms with Gasteiger partial charge >= 0.3 is 11.9 Å². The van der Waals surface area contributed by atoms with E-state index in [1.807, 2.05) is 0 Å². The summed E-state index contributed by atoms with van der Waals surface area (Å²) in [5.41, 5.74) is 0. The summed E-state index contributed by atoms with van der Waals surface area (Å²) >= 11 is 0. The van der Waals surface area contributed by atoms with Gasteiger partial charge in [-0.15, -0.1) is 0 Å². The van der Waals surface area contributed by atoms with Crippen LogP contribution in [0.4, 0.5) is 0 Å². The molecule has 4 nitrogen and oxygen atoms in total. The van der Waals surface area contributed by atoms with Crippen LogP contribution in [-0.4, -0.2) is 23.7 Å². The maximum Gasteiger partial charge on any atom is 0.305 e. The molecule has 47 heavy (non-hydrogen) atoms. The molecule has 0 aromatic carbocycles. The largest absolute Gasteiger partial charge is 0.481 e. The Kier molecular flexibility index (Phi) is 39.7. The molecule has 0 aliphatic carbocycles. The van der Waals surface area contributed by atoms with Crippen molar-refractivity contribution in [1.29, 1.82) is 0 Å². The molecule has 0 unspecified atom stereocenters. The molecule has 0 heterocycles. The summed E-state index contributed by atoms with van der Waals surface area (Å²) in [5.74, 6) is -0.649. The zero-order valence-corrected chi connectivity index (χ0v) is 31.7. The molecular weight excluding hydrogens is 580 g/mol. The number of carbonyl (C=O) groups is 2. The van der Waals surface area contributed by atoms with Gasteiger partial charge in [0.1, 0.15) is 0 Å². The van der Waals surface area contributed by atoms with Crippen molar-refractivity contribution in [1.82, 2.24) is 0 Å². The van der Waals surface area contributed by atoms with Crippen LogP contribution in [0, 0.1) is 0 Å². The smallest absolute Gasteiger partial charge is 0.305 e. The van der Waals surface area contributed by atoms with Crippen LogP contribution in [0.2, 0.25) is 0 Å². The lowest BCUT2D eigenvalue weighted by atomic mass is 10.0. The van der Waals surface area contributed by atoms with Gasteiger partial charge in [0, 0.05) is 12.8 Å². The van der Waals surface area contributed by atoms with Gasteiger partial charge in [-0.2, -0.15) is 0 Å². The maximum atomic E-state index is 12.0. The molecule has 0 aromatic rings. The molecule has 0 atom stereocenters. The van der Waals surface area contributed by atoms with E-state index in [1.165, 1.54) is 193 Å². The minimum absolute atomic E-state index is 0.00797. The van der Waals surface area contributed by atoms with Crippen molar-refractivity contribution in [2.45, 2.75) is 244 Å². The van der Waals surface area contributed by atoms with E-state index >= 15 is 0 Å². The number of unbranched alkanes of at least 4 members (excludes halogenated alkanes) is 32. The lowest BCUT2D eigenvalue weighted by molar-refractivity contribution is -0.144. The minimum Gasteiger partial charge on any atom is -0.481 e. The molecule has 0 saturated heterocycles. The summed E-state index contributed by atoms with van der Waals surface area (Å²) in [6, 6.07) is 0. The molecule has 278 valence electrons. The summed E-state index contributed by atoms with van der Waals surface area (Å²) in [5, 5.41) is 8.65. The van der Waals surface area contributed by atoms with Gasteiger partial charge in [0.25, 0.3) is 0 Å². The van der Waals surface area contributed by atoms with Gasteiger partial charge in [-0.25, -0.2) is 0 Å². The lowest BCUT2D eigenvalue weighted by Gasteiger charge is -2.06. The molecular formula is C43H82O4. The third-order valence-corrected chi connectivity index (χ3v) is 9.69. The molecule has 0 aromatic heterocycles. The zero-order valence-electron chi connectivity index (χ0n) is 31.7. The summed E-state index contributed by atoms with van der Waals surface area (Å²) in [6.45, 7) is 2.89. The van der Waals surface area contributed by atoms with Crippen molar-refractivity contribution in [2.75, 3.05) is 6.61 Å². The van der Waals surface area contributed by atoms with E-state index in [1.54, 1.807) is 0 Å². The Morgan fingerprint density at radius 1 is 0.404 bits per heavy atom. The first-order valence-corrected chi connectivity index (χ1v) is 21.2. The van der Waals surface area contributed by atoms with E-state index in [-0.39, 0.29) is 5.97 Å². The second-order valence-electron chi connectivity index (χ2n) is 14.5. The highest BCUT2D eigenvalue weighted by atomic mass is 16.5. The Morgan fingerprint density at radius 2 is 0.702 bits per heavy atom. The van der Waals surface area contributed by atoms with Crippen LogP contribution >= 0.6 is 0 Å². The number of carbonyl (C=O) groups excluding carboxylic acids is 1. The summed E-state index contributed by atoms with van der Waals surface area (Å²) in [7, 11) is 0. The monoisotopic (exact) mass is 663 g/mol. The zero-order chi connectivity index (χ0) is 34.1. The third kappa shape index (κ3) is 42.7. The Balaban J connectivity index is 3.17. The maximum absolute atomic E-state index is 12.0. The van der Waals surface area contributed by atoms with E-state index in [4.69, 9.17) is 9.84 Å². The van der Waals surface area contributed by atoms with E-state index in [2.05, 4.69) is 19.1 Å². The molecule has 1 N–H and O–H groups in total. The van der Waals surface area contributed by atoms with Crippen molar-refractivity contribution in [3.8, 4) is 0 Å². The van der Waals surface area contributed by atoms with E-state index < -0.39 is 5.97 Å². The topological polar surface area (TPSA) is 63.6 Å². The van der Waals surface area contributed by atoms with Crippen molar-refractivity contribution in [2.24, 2.45) is 0 Å². The van der Waals surface area contributed by atoms with Crippen molar-refractivity contribution < 1.29 is 19.4 Å². The number of carboxylic acids is 1. The molecule has 0 amide bonds. The van der Waals surface area contributed by atoms with Gasteiger partial charge < -0.3 is 9.84 Å². The van der Waals surface area contributed by atoms with Crippen molar-refractivity contribution in [3.05, 3.63) is 12.2 Å². The predicted octanol–water partition coefficient (Wildman–Crippen LogP) is 14.6. The number of aliphatic carboxylic acids is 1. The van der Waals surface area contributed by atoms with Gasteiger partial charge in [0.15, 0.2) is 0 Å². The Labute approximate surface area is 294 Å². The minimum atomic E-state index is -0.657. The summed E-state index contributed by atoms with van der Waals surface area (Å²) in [6.07, 6.45) is 51.0. The number of esters is 1. The second-order valence-corrected chi connectivity index (χ2v) is 14.5. The fourth-order valence-electron chi connectivity index (χ4n) is 6.51. The standard InChI is InChI=1S/C43H82O4/c1-2-3-4-5-6-7-8-9-18-22-25-28-31-34-37-40-43(46)47-41-38-35-32-29-26-23-20-17-15-13-11-10-12-14-16-19-21-24-27-30-33-36-39-42(44)45/h9,18H,2-8,10-17,19-41H2,1H3,(H,44,45)/b18-9-. The number of allylic oxidation sites excluding steroid dienone is 2. The van der Waals surface area contributed by atoms with Crippen LogP contribution in [0.3, 0.4) is 0 Å². The Hall–Kier alpha value is -1.32. The first kappa shape index (κ1) is 45.7. The molecule has 0 rings (SSSR count). The summed E-state index contributed by atoms with van der Waals surface area (Å²) in [4.78, 5) is 22.5. The molecule has 4 heteroatoms. The first-order chi connectivity index (χ1) is 23.2. The normalized spacial score (nSPS) is 11.5. The number of ether oxygens (including phenoxy) is 1. The van der Waals surface area contributed by atoms with Crippen LogP contribution in [0.15, 0.2) is 12.2 Å². The number of hydrogen-bond donors (Lipinski definition) is 1. The second kappa shape index (κ2) is 40.9. The van der Waals surface area contributed by atoms with Gasteiger partial charge in [-0.3, -0.25) is 9.59 Å². The SMILES string of the molecule is CCCCCCCC/C=C\CCCCCCCC(=O)OCCCCCCCCCCCCCCCCCCCCCCCCC(=O)O. The molecule has 0 saturated carbocycles. The van der Waals surface area contributed by atoms with Gasteiger partial charge in [0.2, 0.25) is 0 Å². The van der Waals surface area contributed by atoms with E-state index in [0.717, 1.165) is 32.1 Å². The average Bonchev–Trinajstić information content (AvgIpc) is 3.06. The fourth-order valence-corrected chi connectivity index (χ4v) is 6.51. The fraction of sp³-hybridized carbons (Fsp3) is 0.907. The third-order valence-electron chi connectivity index (χ3n) is 9.69. The highest BCUT2D eigenvalue weighted by Crippen LogP contribution is 2.16. The number of rotatable bonds is 40. The first-order valence-electron chi connectivity index (χ1n) is 21.2. The summed E-state index contributed by atoms with van der Waals surface area (Å²) < 4.78 is 5.45. The van der Waals surface area contributed by atoms with Crippen LogP contribution in [0.25, 0.3) is 0 Å². The van der Waals surface area contributed by atoms with E-state index in [9.17, 15) is 9.59 Å². The van der Waals surface area contributed by atoms with Crippen LogP contribution in [-0.2, 0) is 14.3 Å². The quantitative estimate of drug-likeness (QED) is 0.0403. The number of carboxylic acid groups (broad SMARTS) is 1. The highest BCUT2D eigenvalue weighted by molar-refractivity contribution is 5.69. The molecule has 0 radical (unpaired) electrons. The number of hydrogen-bond acceptors (Lipinski definition) is 3. The Bertz CT molecular complexity index is 658. The Morgan fingerprint density at radius 3 is 1.06 bits per heavy atom. The lowest BCUT2D eigenvalue weighted by Crippen LogP contribution is -2.05. The van der Waals surface area contributed by atoms with Crippen molar-refractivity contribution in [3.63, 3.8) is 0 Å². The van der Waals surface area contributed by atoms with Crippen LogP contribution in [0.1, 0.15) is 244 Å². The van der Waals surface area contributed by atoms with Gasteiger partial charge in [0.05, 0.1) is 6.61 Å². The van der Waals surface area contributed by atoms with E-state index in [0.29, 0.717) is 19.4 Å². The van der Waals surface area contributed by atoms with Gasteiger partial charge in [-0.1, -0.05) is 199 Å². The molecule has 0 aliphatic rings. The molecule has 0 aliphatic heterocycles. The van der Waals surface area contributed by atoms with Crippen LogP contribution in [0.5, 0.6) is 0 Å². The molecule has 0 bridgehead atoms. The average molecular weight is 663 g/mol.